The van der Waals surface area contributed by atoms with E-state index in [4.69, 9.17) is 17.3 Å². The fourth-order valence-corrected chi connectivity index (χ4v) is 1.24. The molecular formula is C8H14ClN3. The van der Waals surface area contributed by atoms with Crippen molar-refractivity contribution in [3.8, 4) is 0 Å². The van der Waals surface area contributed by atoms with E-state index >= 15 is 0 Å². The van der Waals surface area contributed by atoms with Crippen LogP contribution in [-0.4, -0.2) is 22.2 Å². The molecule has 0 aliphatic heterocycles. The number of rotatable bonds is 4. The van der Waals surface area contributed by atoms with Gasteiger partial charge in [-0.3, -0.25) is 4.68 Å². The number of nitrogens with two attached hydrogens (primary N) is 1. The Labute approximate surface area is 77.5 Å². The van der Waals surface area contributed by atoms with Gasteiger partial charge >= 0.3 is 0 Å². The molecule has 1 aromatic heterocycles. The monoisotopic (exact) mass is 187 g/mol. The lowest BCUT2D eigenvalue weighted by Gasteiger charge is -2.10. The minimum absolute atomic E-state index is 0.325. The van der Waals surface area contributed by atoms with Crippen LogP contribution in [0.4, 0.5) is 0 Å². The molecule has 1 unspecified atom stereocenters. The third-order valence-corrected chi connectivity index (χ3v) is 2.20. The average Bonchev–Trinajstić information content (AvgIpc) is 2.47. The highest BCUT2D eigenvalue weighted by Gasteiger charge is 2.05. The Morgan fingerprint density at radius 2 is 2.50 bits per heavy atom. The van der Waals surface area contributed by atoms with Crippen molar-refractivity contribution in [2.75, 3.05) is 12.4 Å². The molecule has 0 saturated carbocycles. The topological polar surface area (TPSA) is 43.8 Å². The van der Waals surface area contributed by atoms with E-state index in [-0.39, 0.29) is 0 Å². The van der Waals surface area contributed by atoms with Crippen molar-refractivity contribution in [2.24, 2.45) is 11.7 Å². The van der Waals surface area contributed by atoms with Crippen molar-refractivity contribution >= 4 is 11.6 Å². The number of aryl methyl sites for hydroxylation is 1. The van der Waals surface area contributed by atoms with Gasteiger partial charge in [0.15, 0.2) is 0 Å². The summed E-state index contributed by atoms with van der Waals surface area (Å²) in [5.74, 6) is 0.918. The predicted molar refractivity (Wildman–Crippen MR) is 50.2 cm³/mol. The molecule has 4 heteroatoms. The van der Waals surface area contributed by atoms with Gasteiger partial charge in [-0.1, -0.05) is 0 Å². The summed E-state index contributed by atoms with van der Waals surface area (Å²) in [5, 5.41) is 4.15. The Kier molecular flexibility index (Phi) is 3.56. The van der Waals surface area contributed by atoms with E-state index in [1.807, 2.05) is 24.0 Å². The summed E-state index contributed by atoms with van der Waals surface area (Å²) in [7, 11) is 0. The molecule has 3 nitrogen and oxygen atoms in total. The molecule has 0 aliphatic carbocycles. The van der Waals surface area contributed by atoms with Gasteiger partial charge in [0.2, 0.25) is 0 Å². The number of alkyl halides is 1. The number of hydrogen-bond donors (Lipinski definition) is 1. The van der Waals surface area contributed by atoms with Crippen LogP contribution in [-0.2, 0) is 6.54 Å². The second-order valence-electron chi connectivity index (χ2n) is 3.00. The molecule has 1 aromatic rings. The molecule has 0 aliphatic rings. The van der Waals surface area contributed by atoms with Crippen molar-refractivity contribution < 1.29 is 0 Å². The lowest BCUT2D eigenvalue weighted by molar-refractivity contribution is 0.462. The Hall–Kier alpha value is -0.540. The van der Waals surface area contributed by atoms with Crippen LogP contribution >= 0.6 is 11.6 Å². The van der Waals surface area contributed by atoms with Gasteiger partial charge in [-0.2, -0.15) is 5.10 Å². The highest BCUT2D eigenvalue weighted by molar-refractivity contribution is 6.18. The first kappa shape index (κ1) is 9.55. The maximum absolute atomic E-state index is 5.70. The van der Waals surface area contributed by atoms with Crippen LogP contribution in [0.3, 0.4) is 0 Å². The van der Waals surface area contributed by atoms with Gasteiger partial charge in [0.25, 0.3) is 0 Å². The lowest BCUT2D eigenvalue weighted by Crippen LogP contribution is -2.21. The van der Waals surface area contributed by atoms with E-state index in [0.29, 0.717) is 18.3 Å². The minimum atomic E-state index is 0.325. The third-order valence-electron chi connectivity index (χ3n) is 1.76. The Balaban J connectivity index is 2.50. The van der Waals surface area contributed by atoms with E-state index in [9.17, 15) is 0 Å². The fraction of sp³-hybridized carbons (Fsp3) is 0.625. The normalized spacial score (nSPS) is 13.2. The summed E-state index contributed by atoms with van der Waals surface area (Å²) in [6.07, 6.45) is 3.83. The molecule has 68 valence electrons. The van der Waals surface area contributed by atoms with Crippen LogP contribution in [0.5, 0.6) is 0 Å². The summed E-state index contributed by atoms with van der Waals surface area (Å²) >= 11 is 5.70. The van der Waals surface area contributed by atoms with Crippen LogP contribution in [0.1, 0.15) is 5.56 Å². The fourth-order valence-electron chi connectivity index (χ4n) is 1.02. The number of nitrogens with zero attached hydrogens (tertiary/aromatic N) is 2. The molecule has 1 rings (SSSR count). The maximum atomic E-state index is 5.70. The molecule has 0 bridgehead atoms. The molecule has 0 radical (unpaired) electrons. The van der Waals surface area contributed by atoms with Crippen LogP contribution < -0.4 is 5.73 Å². The molecule has 0 fully saturated rings. The SMILES string of the molecule is Cc1cnn(CC(CN)CCl)c1. The minimum Gasteiger partial charge on any atom is -0.330 e. The molecule has 0 spiro atoms. The first-order valence-corrected chi connectivity index (χ1v) is 4.54. The standard InChI is InChI=1S/C8H14ClN3/c1-7-4-11-12(5-7)6-8(2-9)3-10/h4-5,8H,2-3,6,10H2,1H3. The summed E-state index contributed by atoms with van der Waals surface area (Å²) in [6.45, 7) is 3.44. The summed E-state index contributed by atoms with van der Waals surface area (Å²) in [5.41, 5.74) is 6.68. The highest BCUT2D eigenvalue weighted by atomic mass is 35.5. The Morgan fingerprint density at radius 3 is 2.92 bits per heavy atom. The lowest BCUT2D eigenvalue weighted by atomic mass is 10.2. The summed E-state index contributed by atoms with van der Waals surface area (Å²) in [6, 6.07) is 0. The van der Waals surface area contributed by atoms with Gasteiger partial charge in [-0.15, -0.1) is 11.6 Å². The third kappa shape index (κ3) is 2.50. The first-order chi connectivity index (χ1) is 5.76. The van der Waals surface area contributed by atoms with Crippen molar-refractivity contribution in [3.05, 3.63) is 18.0 Å². The molecule has 1 heterocycles. The van der Waals surface area contributed by atoms with Crippen molar-refractivity contribution in [1.82, 2.24) is 9.78 Å². The number of halogens is 1. The van der Waals surface area contributed by atoms with Gasteiger partial charge < -0.3 is 5.73 Å². The van der Waals surface area contributed by atoms with Crippen LogP contribution in [0, 0.1) is 12.8 Å². The van der Waals surface area contributed by atoms with Crippen LogP contribution in [0.2, 0.25) is 0 Å². The highest BCUT2D eigenvalue weighted by Crippen LogP contribution is 2.02. The van der Waals surface area contributed by atoms with Crippen LogP contribution in [0.15, 0.2) is 12.4 Å². The van der Waals surface area contributed by atoms with Crippen LogP contribution in [0.25, 0.3) is 0 Å². The largest absolute Gasteiger partial charge is 0.330 e. The smallest absolute Gasteiger partial charge is 0.0518 e. The summed E-state index contributed by atoms with van der Waals surface area (Å²) < 4.78 is 1.88. The van der Waals surface area contributed by atoms with E-state index in [2.05, 4.69) is 5.10 Å². The quantitative estimate of drug-likeness (QED) is 0.715. The van der Waals surface area contributed by atoms with Gasteiger partial charge in [-0.25, -0.2) is 0 Å². The zero-order valence-electron chi connectivity index (χ0n) is 7.20. The summed E-state index contributed by atoms with van der Waals surface area (Å²) in [4.78, 5) is 0. The Morgan fingerprint density at radius 1 is 1.75 bits per heavy atom. The van der Waals surface area contributed by atoms with E-state index in [1.165, 1.54) is 5.56 Å². The molecule has 0 amide bonds. The maximum Gasteiger partial charge on any atom is 0.0518 e. The van der Waals surface area contributed by atoms with Crippen molar-refractivity contribution in [1.29, 1.82) is 0 Å². The van der Waals surface area contributed by atoms with Gasteiger partial charge in [0.05, 0.1) is 6.20 Å². The molecule has 0 aromatic carbocycles. The van der Waals surface area contributed by atoms with E-state index in [0.717, 1.165) is 6.54 Å². The molecule has 0 saturated heterocycles. The molecule has 1 atom stereocenters. The molecule has 2 N–H and O–H groups in total. The molecule has 12 heavy (non-hydrogen) atoms. The van der Waals surface area contributed by atoms with Gasteiger partial charge in [0.1, 0.15) is 0 Å². The zero-order valence-corrected chi connectivity index (χ0v) is 7.96. The second-order valence-corrected chi connectivity index (χ2v) is 3.30. The van der Waals surface area contributed by atoms with E-state index in [1.54, 1.807) is 0 Å². The molecular weight excluding hydrogens is 174 g/mol. The van der Waals surface area contributed by atoms with Crippen molar-refractivity contribution in [3.63, 3.8) is 0 Å². The number of aromatic nitrogens is 2. The Bertz CT molecular complexity index is 230. The zero-order chi connectivity index (χ0) is 8.97. The predicted octanol–water partition coefficient (Wildman–Crippen LogP) is 1.01. The second kappa shape index (κ2) is 4.48. The number of hydrogen-bond acceptors (Lipinski definition) is 2. The van der Waals surface area contributed by atoms with E-state index < -0.39 is 0 Å². The van der Waals surface area contributed by atoms with Crippen molar-refractivity contribution in [2.45, 2.75) is 13.5 Å². The first-order valence-electron chi connectivity index (χ1n) is 4.01. The van der Waals surface area contributed by atoms with Gasteiger partial charge in [-0.05, 0) is 19.0 Å². The van der Waals surface area contributed by atoms with Gasteiger partial charge in [0, 0.05) is 24.5 Å². The average molecular weight is 188 g/mol.